The van der Waals surface area contributed by atoms with Crippen molar-refractivity contribution >= 4 is 0 Å². The van der Waals surface area contributed by atoms with Gasteiger partial charge in [-0.05, 0) is 43.4 Å². The fraction of sp³-hybridized carbons (Fsp3) is 0.353. The van der Waals surface area contributed by atoms with Crippen LogP contribution < -0.4 is 10.1 Å². The van der Waals surface area contributed by atoms with Gasteiger partial charge in [0.05, 0.1) is 7.11 Å². The first kappa shape index (κ1) is 15.5. The molecule has 1 heterocycles. The molecule has 1 unspecified atom stereocenters. The SMILES string of the molecule is COc1cccc(C(CNCc2cccnc2)N(C)C)c1. The summed E-state index contributed by atoms with van der Waals surface area (Å²) in [5.74, 6) is 0.895. The summed E-state index contributed by atoms with van der Waals surface area (Å²) in [6.45, 7) is 1.69. The molecule has 4 heteroatoms. The van der Waals surface area contributed by atoms with Gasteiger partial charge in [0.25, 0.3) is 0 Å². The number of hydrogen-bond acceptors (Lipinski definition) is 4. The van der Waals surface area contributed by atoms with Crippen LogP contribution in [0, 0.1) is 0 Å². The minimum Gasteiger partial charge on any atom is -0.497 e. The Bertz CT molecular complexity index is 543. The number of ether oxygens (including phenoxy) is 1. The molecule has 1 aromatic heterocycles. The Morgan fingerprint density at radius 3 is 2.76 bits per heavy atom. The number of likely N-dealkylation sites (N-methyl/N-ethyl adjacent to an activating group) is 1. The van der Waals surface area contributed by atoms with Gasteiger partial charge in [-0.2, -0.15) is 0 Å². The van der Waals surface area contributed by atoms with Gasteiger partial charge in [0.15, 0.2) is 0 Å². The van der Waals surface area contributed by atoms with E-state index in [1.54, 1.807) is 13.3 Å². The lowest BCUT2D eigenvalue weighted by Gasteiger charge is -2.25. The third-order valence-electron chi connectivity index (χ3n) is 3.49. The average Bonchev–Trinajstić information content (AvgIpc) is 2.52. The van der Waals surface area contributed by atoms with Crippen LogP contribution in [-0.2, 0) is 6.54 Å². The molecular formula is C17H23N3O. The third kappa shape index (κ3) is 4.55. The molecule has 2 aromatic rings. The number of benzene rings is 1. The van der Waals surface area contributed by atoms with E-state index in [9.17, 15) is 0 Å². The third-order valence-corrected chi connectivity index (χ3v) is 3.49. The molecule has 112 valence electrons. The highest BCUT2D eigenvalue weighted by Crippen LogP contribution is 2.22. The Kier molecular flexibility index (Phi) is 5.72. The number of hydrogen-bond donors (Lipinski definition) is 1. The van der Waals surface area contributed by atoms with Gasteiger partial charge >= 0.3 is 0 Å². The van der Waals surface area contributed by atoms with E-state index in [2.05, 4.69) is 47.5 Å². The van der Waals surface area contributed by atoms with Crippen LogP contribution >= 0.6 is 0 Å². The standard InChI is InChI=1S/C17H23N3O/c1-20(2)17(15-7-4-8-16(10-15)21-3)13-19-12-14-6-5-9-18-11-14/h4-11,17,19H,12-13H2,1-3H3. The number of aromatic nitrogens is 1. The average molecular weight is 285 g/mol. The summed E-state index contributed by atoms with van der Waals surface area (Å²) in [6, 6.07) is 12.6. The molecule has 2 rings (SSSR count). The van der Waals surface area contributed by atoms with Gasteiger partial charge in [0.1, 0.15) is 5.75 Å². The van der Waals surface area contributed by atoms with Gasteiger partial charge in [-0.3, -0.25) is 4.98 Å². The van der Waals surface area contributed by atoms with Crippen LogP contribution in [0.3, 0.4) is 0 Å². The van der Waals surface area contributed by atoms with Gasteiger partial charge in [-0.25, -0.2) is 0 Å². The number of rotatable bonds is 7. The summed E-state index contributed by atoms with van der Waals surface area (Å²) in [5, 5.41) is 3.50. The van der Waals surface area contributed by atoms with Crippen molar-refractivity contribution in [2.45, 2.75) is 12.6 Å². The van der Waals surface area contributed by atoms with Crippen LogP contribution in [-0.4, -0.2) is 37.6 Å². The molecule has 0 aliphatic heterocycles. The van der Waals surface area contributed by atoms with Gasteiger partial charge in [0.2, 0.25) is 0 Å². The molecule has 0 fully saturated rings. The molecule has 1 N–H and O–H groups in total. The van der Waals surface area contributed by atoms with Crippen LogP contribution in [0.5, 0.6) is 5.75 Å². The maximum absolute atomic E-state index is 5.31. The Balaban J connectivity index is 1.99. The Morgan fingerprint density at radius 2 is 2.10 bits per heavy atom. The molecule has 0 saturated carbocycles. The molecule has 0 amide bonds. The van der Waals surface area contributed by atoms with E-state index in [0.29, 0.717) is 6.04 Å². The van der Waals surface area contributed by atoms with Crippen molar-refractivity contribution in [2.24, 2.45) is 0 Å². The highest BCUT2D eigenvalue weighted by atomic mass is 16.5. The van der Waals surface area contributed by atoms with Crippen molar-refractivity contribution in [1.82, 2.24) is 15.2 Å². The first-order valence-electron chi connectivity index (χ1n) is 7.10. The zero-order valence-corrected chi connectivity index (χ0v) is 12.9. The van der Waals surface area contributed by atoms with E-state index < -0.39 is 0 Å². The van der Waals surface area contributed by atoms with Crippen LogP contribution in [0.15, 0.2) is 48.8 Å². The molecule has 0 saturated heterocycles. The Labute approximate surface area is 126 Å². The zero-order valence-electron chi connectivity index (χ0n) is 12.9. The van der Waals surface area contributed by atoms with Gasteiger partial charge in [-0.1, -0.05) is 18.2 Å². The van der Waals surface area contributed by atoms with Crippen LogP contribution in [0.1, 0.15) is 17.2 Å². The normalized spacial score (nSPS) is 12.4. The molecular weight excluding hydrogens is 262 g/mol. The lowest BCUT2D eigenvalue weighted by molar-refractivity contribution is 0.287. The number of pyridine rings is 1. The monoisotopic (exact) mass is 285 g/mol. The maximum atomic E-state index is 5.31. The summed E-state index contributed by atoms with van der Waals surface area (Å²) in [5.41, 5.74) is 2.44. The summed E-state index contributed by atoms with van der Waals surface area (Å²) < 4.78 is 5.31. The summed E-state index contributed by atoms with van der Waals surface area (Å²) >= 11 is 0. The van der Waals surface area contributed by atoms with E-state index >= 15 is 0 Å². The fourth-order valence-electron chi connectivity index (χ4n) is 2.30. The lowest BCUT2D eigenvalue weighted by Crippen LogP contribution is -2.30. The largest absolute Gasteiger partial charge is 0.497 e. The van der Waals surface area contributed by atoms with Gasteiger partial charge in [-0.15, -0.1) is 0 Å². The van der Waals surface area contributed by atoms with E-state index in [1.165, 1.54) is 11.1 Å². The van der Waals surface area contributed by atoms with Gasteiger partial charge in [0, 0.05) is 31.5 Å². The number of nitrogens with zero attached hydrogens (tertiary/aromatic N) is 2. The molecule has 0 spiro atoms. The molecule has 1 atom stereocenters. The van der Waals surface area contributed by atoms with Crippen LogP contribution in [0.2, 0.25) is 0 Å². The Hall–Kier alpha value is -1.91. The minimum atomic E-state index is 0.303. The number of methoxy groups -OCH3 is 1. The second-order valence-corrected chi connectivity index (χ2v) is 5.25. The van der Waals surface area contributed by atoms with Crippen molar-refractivity contribution in [2.75, 3.05) is 27.7 Å². The fourth-order valence-corrected chi connectivity index (χ4v) is 2.30. The highest BCUT2D eigenvalue weighted by molar-refractivity contribution is 5.30. The summed E-state index contributed by atoms with van der Waals surface area (Å²) in [6.07, 6.45) is 3.69. The van der Waals surface area contributed by atoms with Crippen molar-refractivity contribution < 1.29 is 4.74 Å². The highest BCUT2D eigenvalue weighted by Gasteiger charge is 2.14. The second kappa shape index (κ2) is 7.76. The van der Waals surface area contributed by atoms with E-state index in [1.807, 2.05) is 24.4 Å². The van der Waals surface area contributed by atoms with Crippen molar-refractivity contribution in [3.8, 4) is 5.75 Å². The van der Waals surface area contributed by atoms with E-state index in [0.717, 1.165) is 18.8 Å². The molecule has 1 aromatic carbocycles. The summed E-state index contributed by atoms with van der Waals surface area (Å²) in [7, 11) is 5.89. The van der Waals surface area contributed by atoms with E-state index in [4.69, 9.17) is 4.74 Å². The number of nitrogens with one attached hydrogen (secondary N) is 1. The van der Waals surface area contributed by atoms with Crippen LogP contribution in [0.25, 0.3) is 0 Å². The summed E-state index contributed by atoms with van der Waals surface area (Å²) in [4.78, 5) is 6.34. The predicted molar refractivity (Wildman–Crippen MR) is 85.4 cm³/mol. The molecule has 0 aliphatic carbocycles. The van der Waals surface area contributed by atoms with Gasteiger partial charge < -0.3 is 15.0 Å². The second-order valence-electron chi connectivity index (χ2n) is 5.25. The molecule has 21 heavy (non-hydrogen) atoms. The lowest BCUT2D eigenvalue weighted by atomic mass is 10.1. The molecule has 0 aliphatic rings. The van der Waals surface area contributed by atoms with Crippen molar-refractivity contribution in [3.63, 3.8) is 0 Å². The maximum Gasteiger partial charge on any atom is 0.119 e. The molecule has 0 bridgehead atoms. The van der Waals surface area contributed by atoms with E-state index in [-0.39, 0.29) is 0 Å². The van der Waals surface area contributed by atoms with Crippen molar-refractivity contribution in [1.29, 1.82) is 0 Å². The van der Waals surface area contributed by atoms with Crippen molar-refractivity contribution in [3.05, 3.63) is 59.9 Å². The smallest absolute Gasteiger partial charge is 0.119 e. The minimum absolute atomic E-state index is 0.303. The Morgan fingerprint density at radius 1 is 1.24 bits per heavy atom. The zero-order chi connectivity index (χ0) is 15.1. The molecule has 0 radical (unpaired) electrons. The molecule has 4 nitrogen and oxygen atoms in total. The quantitative estimate of drug-likeness (QED) is 0.848. The first-order chi connectivity index (χ1) is 10.2. The predicted octanol–water partition coefficient (Wildman–Crippen LogP) is 2.48. The van der Waals surface area contributed by atoms with Crippen LogP contribution in [0.4, 0.5) is 0 Å². The topological polar surface area (TPSA) is 37.4 Å². The first-order valence-corrected chi connectivity index (χ1v) is 7.10.